The summed E-state index contributed by atoms with van der Waals surface area (Å²) in [5, 5.41) is 3.44. The summed E-state index contributed by atoms with van der Waals surface area (Å²) < 4.78 is 31.6. The van der Waals surface area contributed by atoms with Gasteiger partial charge in [-0.05, 0) is 44.0 Å². The average molecular weight is 437 g/mol. The normalized spacial score (nSPS) is 17.1. The van der Waals surface area contributed by atoms with Gasteiger partial charge in [-0.3, -0.25) is 9.10 Å². The number of fused-ring (bicyclic) bond motifs is 1. The lowest BCUT2D eigenvalue weighted by Crippen LogP contribution is -2.50. The summed E-state index contributed by atoms with van der Waals surface area (Å²) >= 11 is 6.05. The number of hydrogen-bond acceptors (Lipinski definition) is 4. The SMILES string of the molecule is CC(C)(Cc1ccccc1)NC(=O)[C@@H]1CCN(S(C)(=O)=O)c2cc(Cl)ccc2O1. The van der Waals surface area contributed by atoms with Crippen LogP contribution in [0.5, 0.6) is 5.75 Å². The largest absolute Gasteiger partial charge is 0.478 e. The van der Waals surface area contributed by atoms with Crippen LogP contribution in [0.25, 0.3) is 0 Å². The van der Waals surface area contributed by atoms with Gasteiger partial charge in [-0.25, -0.2) is 8.42 Å². The van der Waals surface area contributed by atoms with E-state index < -0.39 is 21.7 Å². The Morgan fingerprint density at radius 3 is 2.59 bits per heavy atom. The van der Waals surface area contributed by atoms with Crippen molar-refractivity contribution in [2.75, 3.05) is 17.1 Å². The monoisotopic (exact) mass is 436 g/mol. The Balaban J connectivity index is 1.79. The number of nitrogens with one attached hydrogen (secondary N) is 1. The highest BCUT2D eigenvalue weighted by Crippen LogP contribution is 2.36. The molecule has 0 bridgehead atoms. The standard InChI is InChI=1S/C21H25ClN2O4S/c1-21(2,14-15-7-5-4-6-8-15)23-20(25)19-11-12-24(29(3,26)27)17-13-16(22)9-10-18(17)28-19/h4-10,13,19H,11-12,14H2,1-3H3,(H,23,25)/t19-/m0/s1. The highest BCUT2D eigenvalue weighted by molar-refractivity contribution is 7.92. The second-order valence-electron chi connectivity index (χ2n) is 7.88. The van der Waals surface area contributed by atoms with Gasteiger partial charge in [-0.1, -0.05) is 41.9 Å². The highest BCUT2D eigenvalue weighted by Gasteiger charge is 2.33. The van der Waals surface area contributed by atoms with Crippen LogP contribution in [0.4, 0.5) is 5.69 Å². The number of ether oxygens (including phenoxy) is 1. The molecule has 1 atom stereocenters. The Bertz CT molecular complexity index is 993. The van der Waals surface area contributed by atoms with Crippen molar-refractivity contribution in [1.82, 2.24) is 5.32 Å². The molecule has 0 aliphatic carbocycles. The maximum absolute atomic E-state index is 13.0. The molecule has 8 heteroatoms. The van der Waals surface area contributed by atoms with Gasteiger partial charge in [-0.2, -0.15) is 0 Å². The zero-order valence-corrected chi connectivity index (χ0v) is 18.3. The van der Waals surface area contributed by atoms with Crippen LogP contribution in [0, 0.1) is 0 Å². The van der Waals surface area contributed by atoms with Crippen molar-refractivity contribution in [3.8, 4) is 5.75 Å². The number of carbonyl (C=O) groups excluding carboxylic acids is 1. The number of nitrogens with zero attached hydrogens (tertiary/aromatic N) is 1. The van der Waals surface area contributed by atoms with E-state index in [0.29, 0.717) is 22.9 Å². The molecule has 156 valence electrons. The molecule has 29 heavy (non-hydrogen) atoms. The molecular weight excluding hydrogens is 412 g/mol. The first-order valence-electron chi connectivity index (χ1n) is 9.35. The van der Waals surface area contributed by atoms with Crippen LogP contribution in [0.1, 0.15) is 25.8 Å². The van der Waals surface area contributed by atoms with Crippen LogP contribution in [0.3, 0.4) is 0 Å². The fourth-order valence-corrected chi connectivity index (χ4v) is 4.55. The maximum atomic E-state index is 13.0. The Labute approximate surface area is 176 Å². The van der Waals surface area contributed by atoms with E-state index >= 15 is 0 Å². The second-order valence-corrected chi connectivity index (χ2v) is 10.2. The molecule has 1 heterocycles. The van der Waals surface area contributed by atoms with Crippen molar-refractivity contribution in [3.63, 3.8) is 0 Å². The number of sulfonamides is 1. The van der Waals surface area contributed by atoms with E-state index in [-0.39, 0.29) is 18.9 Å². The lowest BCUT2D eigenvalue weighted by molar-refractivity contribution is -0.129. The van der Waals surface area contributed by atoms with Crippen LogP contribution >= 0.6 is 11.6 Å². The third-order valence-electron chi connectivity index (χ3n) is 4.70. The van der Waals surface area contributed by atoms with Crippen LogP contribution < -0.4 is 14.4 Å². The molecule has 0 unspecified atom stereocenters. The first-order chi connectivity index (χ1) is 13.5. The van der Waals surface area contributed by atoms with Gasteiger partial charge in [0.25, 0.3) is 5.91 Å². The summed E-state index contributed by atoms with van der Waals surface area (Å²) in [5.41, 5.74) is 0.967. The van der Waals surface area contributed by atoms with E-state index in [0.717, 1.165) is 11.8 Å². The number of halogens is 1. The van der Waals surface area contributed by atoms with Crippen molar-refractivity contribution in [2.45, 2.75) is 38.3 Å². The van der Waals surface area contributed by atoms with E-state index in [1.54, 1.807) is 12.1 Å². The van der Waals surface area contributed by atoms with Crippen molar-refractivity contribution in [3.05, 3.63) is 59.1 Å². The van der Waals surface area contributed by atoms with Crippen molar-refractivity contribution < 1.29 is 17.9 Å². The molecule has 1 aliphatic heterocycles. The Morgan fingerprint density at radius 2 is 1.93 bits per heavy atom. The highest BCUT2D eigenvalue weighted by atomic mass is 35.5. The first kappa shape index (κ1) is 21.5. The van der Waals surface area contributed by atoms with Gasteiger partial charge in [0.15, 0.2) is 6.10 Å². The van der Waals surface area contributed by atoms with Crippen LogP contribution in [-0.2, 0) is 21.2 Å². The lowest BCUT2D eigenvalue weighted by atomic mass is 9.94. The lowest BCUT2D eigenvalue weighted by Gasteiger charge is -2.29. The van der Waals surface area contributed by atoms with E-state index in [4.69, 9.17) is 16.3 Å². The smallest absolute Gasteiger partial charge is 0.261 e. The van der Waals surface area contributed by atoms with Crippen molar-refractivity contribution in [1.29, 1.82) is 0 Å². The van der Waals surface area contributed by atoms with Gasteiger partial charge in [-0.15, -0.1) is 0 Å². The van der Waals surface area contributed by atoms with Gasteiger partial charge < -0.3 is 10.1 Å². The van der Waals surface area contributed by atoms with E-state index in [9.17, 15) is 13.2 Å². The quantitative estimate of drug-likeness (QED) is 0.779. The topological polar surface area (TPSA) is 75.7 Å². The molecule has 0 radical (unpaired) electrons. The molecule has 3 rings (SSSR count). The summed E-state index contributed by atoms with van der Waals surface area (Å²) in [5.74, 6) is 0.0422. The molecule has 2 aromatic rings. The maximum Gasteiger partial charge on any atom is 0.261 e. The predicted molar refractivity (Wildman–Crippen MR) is 115 cm³/mol. The molecule has 6 nitrogen and oxygen atoms in total. The third kappa shape index (κ3) is 5.42. The predicted octanol–water partition coefficient (Wildman–Crippen LogP) is 3.39. The van der Waals surface area contributed by atoms with Gasteiger partial charge in [0.05, 0.1) is 11.9 Å². The number of anilines is 1. The fraction of sp³-hybridized carbons (Fsp3) is 0.381. The Hall–Kier alpha value is -2.25. The second kappa shape index (κ2) is 8.24. The van der Waals surface area contributed by atoms with Crippen LogP contribution in [-0.4, -0.2) is 38.8 Å². The zero-order valence-electron chi connectivity index (χ0n) is 16.7. The molecule has 2 aromatic carbocycles. The summed E-state index contributed by atoms with van der Waals surface area (Å²) in [6, 6.07) is 14.6. The average Bonchev–Trinajstić information content (AvgIpc) is 2.81. The molecule has 0 spiro atoms. The molecule has 0 saturated heterocycles. The summed E-state index contributed by atoms with van der Waals surface area (Å²) in [6.45, 7) is 4.03. The van der Waals surface area contributed by atoms with E-state index in [1.807, 2.05) is 44.2 Å². The van der Waals surface area contributed by atoms with Gasteiger partial charge >= 0.3 is 0 Å². The minimum atomic E-state index is -3.54. The molecule has 1 aliphatic rings. The van der Waals surface area contributed by atoms with Gasteiger partial charge in [0, 0.05) is 23.5 Å². The fourth-order valence-electron chi connectivity index (χ4n) is 3.45. The summed E-state index contributed by atoms with van der Waals surface area (Å²) in [6.07, 6.45) is 1.21. The number of rotatable bonds is 5. The van der Waals surface area contributed by atoms with E-state index in [1.165, 1.54) is 10.4 Å². The molecular formula is C21H25ClN2O4S. The molecule has 0 fully saturated rings. The summed E-state index contributed by atoms with van der Waals surface area (Å²) in [4.78, 5) is 13.0. The third-order valence-corrected chi connectivity index (χ3v) is 6.11. The first-order valence-corrected chi connectivity index (χ1v) is 11.6. The van der Waals surface area contributed by atoms with Crippen molar-refractivity contribution >= 4 is 33.2 Å². The Morgan fingerprint density at radius 1 is 1.24 bits per heavy atom. The minimum Gasteiger partial charge on any atom is -0.478 e. The van der Waals surface area contributed by atoms with Crippen LogP contribution in [0.15, 0.2) is 48.5 Å². The van der Waals surface area contributed by atoms with Crippen molar-refractivity contribution in [2.24, 2.45) is 0 Å². The van der Waals surface area contributed by atoms with E-state index in [2.05, 4.69) is 5.32 Å². The van der Waals surface area contributed by atoms with Crippen LogP contribution in [0.2, 0.25) is 5.02 Å². The van der Waals surface area contributed by atoms with Gasteiger partial charge in [0.2, 0.25) is 10.0 Å². The molecule has 1 amide bonds. The minimum absolute atomic E-state index is 0.128. The molecule has 0 aromatic heterocycles. The number of carbonyl (C=O) groups is 1. The molecule has 0 saturated carbocycles. The number of hydrogen-bond donors (Lipinski definition) is 1. The Kier molecular flexibility index (Phi) is 6.10. The zero-order chi connectivity index (χ0) is 21.2. The number of amides is 1. The molecule has 1 N–H and O–H groups in total. The number of benzene rings is 2. The summed E-state index contributed by atoms with van der Waals surface area (Å²) in [7, 11) is -3.54. The van der Waals surface area contributed by atoms with Gasteiger partial charge in [0.1, 0.15) is 5.75 Å².